The number of aromatic nitrogens is 5. The summed E-state index contributed by atoms with van der Waals surface area (Å²) < 4.78 is 1.74. The van der Waals surface area contributed by atoms with Gasteiger partial charge in [0.25, 0.3) is 0 Å². The number of nitrogens with zero attached hydrogens (tertiary/aromatic N) is 6. The summed E-state index contributed by atoms with van der Waals surface area (Å²) in [4.78, 5) is 16.2. The molecule has 0 bridgehead atoms. The number of hydrogen-bond acceptors (Lipinski definition) is 6. The number of anilines is 3. The molecule has 0 aliphatic carbocycles. The highest BCUT2D eigenvalue weighted by molar-refractivity contribution is 5.98. The van der Waals surface area contributed by atoms with E-state index in [1.54, 1.807) is 17.1 Å². The highest BCUT2D eigenvalue weighted by Crippen LogP contribution is 2.37. The van der Waals surface area contributed by atoms with E-state index >= 15 is 0 Å². The van der Waals surface area contributed by atoms with Crippen molar-refractivity contribution >= 4 is 28.1 Å². The number of benzene rings is 1. The molecular weight excluding hydrogens is 386 g/mol. The van der Waals surface area contributed by atoms with E-state index in [9.17, 15) is 0 Å². The number of hydrogen-bond donors (Lipinski definition) is 1. The molecule has 1 saturated heterocycles. The molecule has 1 unspecified atom stereocenters. The lowest BCUT2D eigenvalue weighted by Gasteiger charge is -2.41. The van der Waals surface area contributed by atoms with Gasteiger partial charge in [-0.1, -0.05) is 19.9 Å². The molecule has 1 aromatic carbocycles. The van der Waals surface area contributed by atoms with Crippen molar-refractivity contribution in [1.29, 1.82) is 0 Å². The van der Waals surface area contributed by atoms with E-state index in [0.29, 0.717) is 23.6 Å². The molecule has 1 atom stereocenters. The van der Waals surface area contributed by atoms with Crippen molar-refractivity contribution in [2.75, 3.05) is 16.8 Å². The van der Waals surface area contributed by atoms with Gasteiger partial charge in [0, 0.05) is 49.3 Å². The number of aryl methyl sites for hydroxylation is 1. The van der Waals surface area contributed by atoms with Gasteiger partial charge in [0.2, 0.25) is 0 Å². The Balaban J connectivity index is 1.52. The van der Waals surface area contributed by atoms with E-state index in [2.05, 4.69) is 64.3 Å². The molecule has 0 radical (unpaired) electrons. The monoisotopic (exact) mass is 413 g/mol. The minimum Gasteiger partial charge on any atom is -0.368 e. The summed E-state index contributed by atoms with van der Waals surface area (Å²) in [6.07, 6.45) is 8.66. The van der Waals surface area contributed by atoms with Crippen LogP contribution in [-0.4, -0.2) is 37.3 Å². The van der Waals surface area contributed by atoms with Crippen molar-refractivity contribution in [3.8, 4) is 11.4 Å². The molecule has 4 heterocycles. The van der Waals surface area contributed by atoms with Crippen LogP contribution < -0.4 is 10.2 Å². The van der Waals surface area contributed by atoms with Crippen molar-refractivity contribution in [1.82, 2.24) is 24.7 Å². The molecule has 158 valence electrons. The van der Waals surface area contributed by atoms with Crippen LogP contribution in [-0.2, 0) is 7.05 Å². The SMILES string of the molecule is CC(C)c1ccc(N2CCC2C)c2cnc(Nc3ccnc(-c4cnn(C)c4)n3)cc12. The van der Waals surface area contributed by atoms with E-state index in [0.717, 1.165) is 17.9 Å². The molecule has 1 aliphatic rings. The fraction of sp³-hybridized carbons (Fsp3) is 0.333. The Hall–Kier alpha value is -3.48. The predicted molar refractivity (Wildman–Crippen MR) is 125 cm³/mol. The molecule has 1 aliphatic heterocycles. The second-order valence-electron chi connectivity index (χ2n) is 8.57. The van der Waals surface area contributed by atoms with E-state index < -0.39 is 0 Å². The lowest BCUT2D eigenvalue weighted by Crippen LogP contribution is -2.45. The summed E-state index contributed by atoms with van der Waals surface area (Å²) in [5.41, 5.74) is 3.49. The topological polar surface area (TPSA) is 71.8 Å². The number of fused-ring (bicyclic) bond motifs is 1. The molecule has 0 amide bonds. The largest absolute Gasteiger partial charge is 0.368 e. The van der Waals surface area contributed by atoms with Crippen LogP contribution in [0, 0.1) is 0 Å². The van der Waals surface area contributed by atoms with Crippen LogP contribution >= 0.6 is 0 Å². The molecule has 1 N–H and O–H groups in total. The van der Waals surface area contributed by atoms with Crippen molar-refractivity contribution in [2.45, 2.75) is 39.2 Å². The Morgan fingerprint density at radius 3 is 2.61 bits per heavy atom. The quantitative estimate of drug-likeness (QED) is 0.502. The highest BCUT2D eigenvalue weighted by Gasteiger charge is 2.26. The number of nitrogens with one attached hydrogen (secondary N) is 1. The maximum Gasteiger partial charge on any atom is 0.164 e. The third-order valence-electron chi connectivity index (χ3n) is 6.04. The first-order valence-corrected chi connectivity index (χ1v) is 10.8. The van der Waals surface area contributed by atoms with Gasteiger partial charge in [0.1, 0.15) is 11.6 Å². The van der Waals surface area contributed by atoms with Crippen molar-refractivity contribution in [3.63, 3.8) is 0 Å². The maximum atomic E-state index is 4.72. The molecule has 3 aromatic heterocycles. The summed E-state index contributed by atoms with van der Waals surface area (Å²) in [5, 5.41) is 10.0. The fourth-order valence-corrected chi connectivity index (χ4v) is 4.18. The summed E-state index contributed by atoms with van der Waals surface area (Å²) in [6, 6.07) is 9.10. The normalized spacial score (nSPS) is 16.0. The molecule has 0 spiro atoms. The van der Waals surface area contributed by atoms with Gasteiger partial charge in [-0.3, -0.25) is 4.68 Å². The summed E-state index contributed by atoms with van der Waals surface area (Å²) in [7, 11) is 1.88. The first-order chi connectivity index (χ1) is 15.0. The summed E-state index contributed by atoms with van der Waals surface area (Å²) in [5.74, 6) is 2.55. The maximum absolute atomic E-state index is 4.72. The Kier molecular flexibility index (Phi) is 4.81. The third kappa shape index (κ3) is 3.60. The van der Waals surface area contributed by atoms with Gasteiger partial charge in [0.05, 0.1) is 11.8 Å². The van der Waals surface area contributed by atoms with Gasteiger partial charge in [-0.25, -0.2) is 15.0 Å². The van der Waals surface area contributed by atoms with E-state index in [1.807, 2.05) is 25.5 Å². The Labute approximate surface area is 182 Å². The zero-order chi connectivity index (χ0) is 21.5. The molecule has 4 aromatic rings. The molecular formula is C24H27N7. The lowest BCUT2D eigenvalue weighted by molar-refractivity contribution is 0.483. The van der Waals surface area contributed by atoms with E-state index in [1.165, 1.54) is 28.4 Å². The second-order valence-corrected chi connectivity index (χ2v) is 8.57. The third-order valence-corrected chi connectivity index (χ3v) is 6.04. The molecule has 0 saturated carbocycles. The Morgan fingerprint density at radius 1 is 1.06 bits per heavy atom. The van der Waals surface area contributed by atoms with Crippen LogP contribution in [0.1, 0.15) is 38.7 Å². The van der Waals surface area contributed by atoms with Crippen LogP contribution in [0.3, 0.4) is 0 Å². The number of rotatable bonds is 5. The Bertz CT molecular complexity index is 1240. The number of pyridine rings is 1. The van der Waals surface area contributed by atoms with Crippen molar-refractivity contribution < 1.29 is 0 Å². The zero-order valence-corrected chi connectivity index (χ0v) is 18.4. The van der Waals surface area contributed by atoms with E-state index in [-0.39, 0.29) is 0 Å². The van der Waals surface area contributed by atoms with Gasteiger partial charge in [0.15, 0.2) is 5.82 Å². The summed E-state index contributed by atoms with van der Waals surface area (Å²) >= 11 is 0. The van der Waals surface area contributed by atoms with Gasteiger partial charge in [-0.05, 0) is 48.4 Å². The van der Waals surface area contributed by atoms with E-state index in [4.69, 9.17) is 4.98 Å². The average molecular weight is 414 g/mol. The van der Waals surface area contributed by atoms with Gasteiger partial charge in [-0.2, -0.15) is 5.10 Å². The molecule has 5 rings (SSSR count). The smallest absolute Gasteiger partial charge is 0.164 e. The van der Waals surface area contributed by atoms with Crippen LogP contribution in [0.5, 0.6) is 0 Å². The Morgan fingerprint density at radius 2 is 1.94 bits per heavy atom. The molecule has 1 fully saturated rings. The standard InChI is InChI=1S/C24H27N7/c1-15(2)18-5-6-21(31-10-8-16(31)3)20-13-26-23(11-19(18)20)28-22-7-9-25-24(29-22)17-12-27-30(4)14-17/h5-7,9,11-16H,8,10H2,1-4H3,(H,25,26,28,29). The molecule has 31 heavy (non-hydrogen) atoms. The van der Waals surface area contributed by atoms with Crippen LogP contribution in [0.15, 0.2) is 49.1 Å². The minimum atomic E-state index is 0.428. The van der Waals surface area contributed by atoms with Crippen LogP contribution in [0.25, 0.3) is 22.2 Å². The molecule has 7 heteroatoms. The lowest BCUT2D eigenvalue weighted by atomic mass is 9.94. The van der Waals surface area contributed by atoms with Crippen molar-refractivity contribution in [3.05, 3.63) is 54.6 Å². The first-order valence-electron chi connectivity index (χ1n) is 10.8. The van der Waals surface area contributed by atoms with Gasteiger partial charge in [-0.15, -0.1) is 0 Å². The van der Waals surface area contributed by atoms with Gasteiger partial charge < -0.3 is 10.2 Å². The average Bonchev–Trinajstić information content (AvgIpc) is 3.19. The predicted octanol–water partition coefficient (Wildman–Crippen LogP) is 4.89. The second kappa shape index (κ2) is 7.65. The molecule has 7 nitrogen and oxygen atoms in total. The van der Waals surface area contributed by atoms with Crippen LogP contribution in [0.2, 0.25) is 0 Å². The van der Waals surface area contributed by atoms with Crippen molar-refractivity contribution in [2.24, 2.45) is 7.05 Å². The highest BCUT2D eigenvalue weighted by atomic mass is 15.2. The minimum absolute atomic E-state index is 0.428. The van der Waals surface area contributed by atoms with Crippen LogP contribution in [0.4, 0.5) is 17.3 Å². The zero-order valence-electron chi connectivity index (χ0n) is 18.4. The first kappa shape index (κ1) is 19.5. The van der Waals surface area contributed by atoms with Gasteiger partial charge >= 0.3 is 0 Å². The summed E-state index contributed by atoms with van der Waals surface area (Å²) in [6.45, 7) is 7.86. The fourth-order valence-electron chi connectivity index (χ4n) is 4.18.